The first-order chi connectivity index (χ1) is 13.0. The van der Waals surface area contributed by atoms with Gasteiger partial charge in [0.1, 0.15) is 0 Å². The van der Waals surface area contributed by atoms with Crippen molar-refractivity contribution in [1.82, 2.24) is 9.78 Å². The maximum absolute atomic E-state index is 12.0. The Morgan fingerprint density at radius 3 is 2.59 bits per heavy atom. The standard InChI is InChI=1S/C21H21N3O3/c1-15-8-9-18(10-16(15)2)23-20(25)14-27-21(26)11-17-12-22-24(13-17)19-6-4-3-5-7-19/h3-10,12-13H,11,14H2,1-2H3,(H,23,25). The number of rotatable bonds is 6. The van der Waals surface area contributed by atoms with E-state index in [-0.39, 0.29) is 18.9 Å². The third-order valence-corrected chi connectivity index (χ3v) is 4.16. The molecular weight excluding hydrogens is 342 g/mol. The van der Waals surface area contributed by atoms with Gasteiger partial charge >= 0.3 is 5.97 Å². The highest BCUT2D eigenvalue weighted by molar-refractivity contribution is 5.93. The van der Waals surface area contributed by atoms with E-state index in [1.54, 1.807) is 17.1 Å². The van der Waals surface area contributed by atoms with Crippen LogP contribution < -0.4 is 5.32 Å². The summed E-state index contributed by atoms with van der Waals surface area (Å²) in [4.78, 5) is 23.9. The van der Waals surface area contributed by atoms with Crippen LogP contribution in [0.25, 0.3) is 5.69 Å². The highest BCUT2D eigenvalue weighted by Crippen LogP contribution is 2.14. The number of para-hydroxylation sites is 1. The van der Waals surface area contributed by atoms with E-state index in [4.69, 9.17) is 4.74 Å². The molecule has 138 valence electrons. The first-order valence-electron chi connectivity index (χ1n) is 8.63. The summed E-state index contributed by atoms with van der Waals surface area (Å²) < 4.78 is 6.75. The number of hydrogen-bond donors (Lipinski definition) is 1. The maximum atomic E-state index is 12.0. The zero-order chi connectivity index (χ0) is 19.2. The average Bonchev–Trinajstić information content (AvgIpc) is 3.12. The molecule has 3 rings (SSSR count). The highest BCUT2D eigenvalue weighted by Gasteiger charge is 2.11. The fraction of sp³-hybridized carbons (Fsp3) is 0.190. The van der Waals surface area contributed by atoms with Gasteiger partial charge in [-0.2, -0.15) is 5.10 Å². The summed E-state index contributed by atoms with van der Waals surface area (Å²) in [5.41, 5.74) is 4.54. The summed E-state index contributed by atoms with van der Waals surface area (Å²) in [6, 6.07) is 15.2. The SMILES string of the molecule is Cc1ccc(NC(=O)COC(=O)Cc2cnn(-c3ccccc3)c2)cc1C. The Labute approximate surface area is 157 Å². The minimum Gasteiger partial charge on any atom is -0.455 e. The first-order valence-corrected chi connectivity index (χ1v) is 8.63. The summed E-state index contributed by atoms with van der Waals surface area (Å²) in [5.74, 6) is -0.843. The van der Waals surface area contributed by atoms with E-state index in [1.165, 1.54) is 0 Å². The number of carbonyl (C=O) groups excluding carboxylic acids is 2. The van der Waals surface area contributed by atoms with Gasteiger partial charge in [0.2, 0.25) is 0 Å². The van der Waals surface area contributed by atoms with Crippen LogP contribution in [0.4, 0.5) is 5.69 Å². The molecule has 0 bridgehead atoms. The van der Waals surface area contributed by atoms with E-state index < -0.39 is 5.97 Å². The molecule has 2 aromatic carbocycles. The molecule has 27 heavy (non-hydrogen) atoms. The molecule has 1 amide bonds. The fourth-order valence-electron chi connectivity index (χ4n) is 2.55. The lowest BCUT2D eigenvalue weighted by atomic mass is 10.1. The van der Waals surface area contributed by atoms with Crippen molar-refractivity contribution >= 4 is 17.6 Å². The third kappa shape index (κ3) is 5.04. The lowest BCUT2D eigenvalue weighted by Gasteiger charge is -2.08. The number of benzene rings is 2. The molecule has 0 aliphatic heterocycles. The molecule has 0 fully saturated rings. The van der Waals surface area contributed by atoms with Crippen molar-refractivity contribution in [3.63, 3.8) is 0 Å². The van der Waals surface area contributed by atoms with Crippen molar-refractivity contribution in [2.45, 2.75) is 20.3 Å². The lowest BCUT2D eigenvalue weighted by molar-refractivity contribution is -0.146. The van der Waals surface area contributed by atoms with Gasteiger partial charge in [-0.3, -0.25) is 9.59 Å². The first kappa shape index (κ1) is 18.4. The summed E-state index contributed by atoms with van der Waals surface area (Å²) >= 11 is 0. The number of aryl methyl sites for hydroxylation is 2. The number of aromatic nitrogens is 2. The molecule has 0 atom stereocenters. The molecule has 0 spiro atoms. The summed E-state index contributed by atoms with van der Waals surface area (Å²) in [5, 5.41) is 6.96. The zero-order valence-corrected chi connectivity index (χ0v) is 15.3. The largest absolute Gasteiger partial charge is 0.455 e. The van der Waals surface area contributed by atoms with Crippen molar-refractivity contribution in [2.24, 2.45) is 0 Å². The molecule has 0 unspecified atom stereocenters. The third-order valence-electron chi connectivity index (χ3n) is 4.16. The van der Waals surface area contributed by atoms with Gasteiger partial charge in [0.25, 0.3) is 5.91 Å². The van der Waals surface area contributed by atoms with Crippen molar-refractivity contribution in [2.75, 3.05) is 11.9 Å². The monoisotopic (exact) mass is 363 g/mol. The van der Waals surface area contributed by atoms with Crippen LogP contribution >= 0.6 is 0 Å². The topological polar surface area (TPSA) is 73.2 Å². The second-order valence-corrected chi connectivity index (χ2v) is 6.31. The van der Waals surface area contributed by atoms with Crippen LogP contribution in [0.15, 0.2) is 60.9 Å². The van der Waals surface area contributed by atoms with Crippen LogP contribution in [-0.4, -0.2) is 28.3 Å². The van der Waals surface area contributed by atoms with Gasteiger partial charge in [0.05, 0.1) is 18.3 Å². The second kappa shape index (κ2) is 8.31. The van der Waals surface area contributed by atoms with Crippen LogP contribution in [0.1, 0.15) is 16.7 Å². The smallest absolute Gasteiger partial charge is 0.310 e. The van der Waals surface area contributed by atoms with Crippen molar-refractivity contribution in [3.05, 3.63) is 77.6 Å². The molecular formula is C21H21N3O3. The molecule has 6 nitrogen and oxygen atoms in total. The number of nitrogens with one attached hydrogen (secondary N) is 1. The Hall–Kier alpha value is -3.41. The normalized spacial score (nSPS) is 10.4. The quantitative estimate of drug-likeness (QED) is 0.683. The minimum absolute atomic E-state index is 0.0593. The van der Waals surface area contributed by atoms with E-state index in [1.807, 2.05) is 62.4 Å². The average molecular weight is 363 g/mol. The van der Waals surface area contributed by atoms with Crippen LogP contribution in [0.3, 0.4) is 0 Å². The lowest BCUT2D eigenvalue weighted by Crippen LogP contribution is -2.21. The molecule has 3 aromatic rings. The van der Waals surface area contributed by atoms with E-state index in [2.05, 4.69) is 10.4 Å². The molecule has 6 heteroatoms. The van der Waals surface area contributed by atoms with Crippen molar-refractivity contribution in [1.29, 1.82) is 0 Å². The number of hydrogen-bond acceptors (Lipinski definition) is 4. The predicted molar refractivity (Wildman–Crippen MR) is 103 cm³/mol. The zero-order valence-electron chi connectivity index (χ0n) is 15.3. The number of nitrogens with zero attached hydrogens (tertiary/aromatic N) is 2. The Morgan fingerprint density at radius 2 is 1.85 bits per heavy atom. The summed E-state index contributed by atoms with van der Waals surface area (Å²) in [7, 11) is 0. The van der Waals surface area contributed by atoms with Gasteiger partial charge in [0.15, 0.2) is 6.61 Å². The number of carbonyl (C=O) groups is 2. The Kier molecular flexibility index (Phi) is 5.66. The van der Waals surface area contributed by atoms with E-state index >= 15 is 0 Å². The molecule has 1 heterocycles. The van der Waals surface area contributed by atoms with Crippen LogP contribution in [0.5, 0.6) is 0 Å². The molecule has 0 radical (unpaired) electrons. The Bertz CT molecular complexity index is 948. The maximum Gasteiger partial charge on any atom is 0.310 e. The second-order valence-electron chi connectivity index (χ2n) is 6.31. The Morgan fingerprint density at radius 1 is 1.07 bits per heavy atom. The van der Waals surface area contributed by atoms with Crippen molar-refractivity contribution in [3.8, 4) is 5.69 Å². The van der Waals surface area contributed by atoms with Crippen LogP contribution in [-0.2, 0) is 20.7 Å². The van der Waals surface area contributed by atoms with Gasteiger partial charge in [-0.05, 0) is 49.2 Å². The highest BCUT2D eigenvalue weighted by atomic mass is 16.5. The van der Waals surface area contributed by atoms with Crippen molar-refractivity contribution < 1.29 is 14.3 Å². The van der Waals surface area contributed by atoms with Gasteiger partial charge < -0.3 is 10.1 Å². The van der Waals surface area contributed by atoms with Gasteiger partial charge in [-0.25, -0.2) is 4.68 Å². The van der Waals surface area contributed by atoms with Crippen LogP contribution in [0, 0.1) is 13.8 Å². The van der Waals surface area contributed by atoms with E-state index in [0.29, 0.717) is 5.69 Å². The van der Waals surface area contributed by atoms with Gasteiger partial charge in [-0.15, -0.1) is 0 Å². The van der Waals surface area contributed by atoms with E-state index in [0.717, 1.165) is 22.4 Å². The van der Waals surface area contributed by atoms with Gasteiger partial charge in [0, 0.05) is 17.4 Å². The summed E-state index contributed by atoms with van der Waals surface area (Å²) in [6.07, 6.45) is 3.44. The molecule has 0 saturated heterocycles. The molecule has 0 saturated carbocycles. The number of ether oxygens (including phenoxy) is 1. The number of amides is 1. The minimum atomic E-state index is -0.474. The van der Waals surface area contributed by atoms with Gasteiger partial charge in [-0.1, -0.05) is 24.3 Å². The Balaban J connectivity index is 1.49. The predicted octanol–water partition coefficient (Wildman–Crippen LogP) is 3.21. The number of anilines is 1. The summed E-state index contributed by atoms with van der Waals surface area (Å²) in [6.45, 7) is 3.65. The molecule has 1 N–H and O–H groups in total. The van der Waals surface area contributed by atoms with E-state index in [9.17, 15) is 9.59 Å². The molecule has 1 aromatic heterocycles. The molecule has 0 aliphatic rings. The fourth-order valence-corrected chi connectivity index (χ4v) is 2.55. The number of esters is 1. The molecule has 0 aliphatic carbocycles. The van der Waals surface area contributed by atoms with Crippen LogP contribution in [0.2, 0.25) is 0 Å².